The summed E-state index contributed by atoms with van der Waals surface area (Å²) in [5.41, 5.74) is 2.72. The van der Waals surface area contributed by atoms with E-state index >= 15 is 0 Å². The zero-order chi connectivity index (χ0) is 13.9. The molecule has 0 amide bonds. The Labute approximate surface area is 138 Å². The number of piperidine rings is 1. The molecule has 110 valence electrons. The summed E-state index contributed by atoms with van der Waals surface area (Å²) in [4.78, 5) is 2.65. The number of rotatable bonds is 4. The van der Waals surface area contributed by atoms with Crippen LogP contribution in [0.1, 0.15) is 36.8 Å². The van der Waals surface area contributed by atoms with Crippen molar-refractivity contribution >= 4 is 31.9 Å². The van der Waals surface area contributed by atoms with Gasteiger partial charge in [-0.05, 0) is 43.5 Å². The van der Waals surface area contributed by atoms with Crippen LogP contribution >= 0.6 is 31.9 Å². The second-order valence-corrected chi connectivity index (χ2v) is 7.46. The predicted molar refractivity (Wildman–Crippen MR) is 89.8 cm³/mol. The average molecular weight is 403 g/mol. The van der Waals surface area contributed by atoms with Gasteiger partial charge in [-0.3, -0.25) is 4.90 Å². The van der Waals surface area contributed by atoms with Gasteiger partial charge in [0.05, 0.1) is 6.61 Å². The summed E-state index contributed by atoms with van der Waals surface area (Å²) in [6, 6.07) is 5.17. The van der Waals surface area contributed by atoms with Crippen molar-refractivity contribution in [3.05, 3.63) is 27.7 Å². The third-order valence-electron chi connectivity index (χ3n) is 4.39. The van der Waals surface area contributed by atoms with Gasteiger partial charge in [0.1, 0.15) is 5.75 Å². The summed E-state index contributed by atoms with van der Waals surface area (Å²) in [5, 5.41) is 1.10. The lowest BCUT2D eigenvalue weighted by Gasteiger charge is -2.35. The summed E-state index contributed by atoms with van der Waals surface area (Å²) in [6.07, 6.45) is 6.34. The van der Waals surface area contributed by atoms with Crippen LogP contribution in [0, 0.1) is 0 Å². The van der Waals surface area contributed by atoms with Crippen LogP contribution in [0.3, 0.4) is 0 Å². The number of halogens is 2. The maximum absolute atomic E-state index is 5.86. The van der Waals surface area contributed by atoms with Gasteiger partial charge in [0, 0.05) is 34.4 Å². The lowest BCUT2D eigenvalue weighted by Crippen LogP contribution is -2.39. The van der Waals surface area contributed by atoms with E-state index < -0.39 is 0 Å². The summed E-state index contributed by atoms with van der Waals surface area (Å²) in [7, 11) is 0. The van der Waals surface area contributed by atoms with Crippen LogP contribution < -0.4 is 4.74 Å². The molecule has 1 unspecified atom stereocenters. The topological polar surface area (TPSA) is 12.5 Å². The number of hydrogen-bond acceptors (Lipinski definition) is 2. The minimum absolute atomic E-state index is 0.721. The zero-order valence-electron chi connectivity index (χ0n) is 11.7. The lowest BCUT2D eigenvalue weighted by molar-refractivity contribution is 0.136. The Morgan fingerprint density at radius 3 is 3.05 bits per heavy atom. The van der Waals surface area contributed by atoms with Crippen molar-refractivity contribution in [1.82, 2.24) is 4.90 Å². The molecule has 0 spiro atoms. The van der Waals surface area contributed by atoms with Gasteiger partial charge in [-0.1, -0.05) is 38.3 Å². The van der Waals surface area contributed by atoms with Gasteiger partial charge in [-0.25, -0.2) is 0 Å². The number of fused-ring (bicyclic) bond motifs is 1. The summed E-state index contributed by atoms with van der Waals surface area (Å²) >= 11 is 7.25. The number of benzene rings is 1. The average Bonchev–Trinajstić information content (AvgIpc) is 2.89. The molecule has 0 bridgehead atoms. The van der Waals surface area contributed by atoms with E-state index in [-0.39, 0.29) is 0 Å². The third-order valence-corrected chi connectivity index (χ3v) is 5.31. The Balaban J connectivity index is 1.79. The standard InChI is InChI=1S/C16H21Br2NO/c17-6-4-15-3-1-2-7-19(15)11-13-10-14(18)9-12-5-8-20-16(12)13/h9-10,15H,1-8,11H2. The number of ether oxygens (including phenoxy) is 1. The molecule has 1 saturated heterocycles. The molecular formula is C16H21Br2NO. The molecule has 0 radical (unpaired) electrons. The minimum Gasteiger partial charge on any atom is -0.493 e. The fourth-order valence-corrected chi connectivity index (χ4v) is 4.48. The van der Waals surface area contributed by atoms with Crippen LogP contribution in [-0.2, 0) is 13.0 Å². The van der Waals surface area contributed by atoms with E-state index in [0.29, 0.717) is 0 Å². The molecule has 2 aliphatic heterocycles. The molecule has 0 aliphatic carbocycles. The van der Waals surface area contributed by atoms with E-state index in [9.17, 15) is 0 Å². The molecule has 20 heavy (non-hydrogen) atoms. The van der Waals surface area contributed by atoms with Crippen molar-refractivity contribution in [2.24, 2.45) is 0 Å². The Morgan fingerprint density at radius 1 is 1.30 bits per heavy atom. The Kier molecular flexibility index (Phi) is 5.05. The Bertz CT molecular complexity index is 476. The highest BCUT2D eigenvalue weighted by Gasteiger charge is 2.25. The number of nitrogens with zero attached hydrogens (tertiary/aromatic N) is 1. The van der Waals surface area contributed by atoms with Gasteiger partial charge in [0.15, 0.2) is 0 Å². The Morgan fingerprint density at radius 2 is 2.20 bits per heavy atom. The molecule has 3 rings (SSSR count). The fourth-order valence-electron chi connectivity index (χ4n) is 3.40. The van der Waals surface area contributed by atoms with E-state index in [2.05, 4.69) is 48.9 Å². The van der Waals surface area contributed by atoms with Gasteiger partial charge < -0.3 is 4.74 Å². The van der Waals surface area contributed by atoms with Crippen LogP contribution in [0.15, 0.2) is 16.6 Å². The van der Waals surface area contributed by atoms with Crippen LogP contribution in [0.4, 0.5) is 0 Å². The molecule has 1 atom stereocenters. The first-order chi connectivity index (χ1) is 9.78. The van der Waals surface area contributed by atoms with Crippen molar-refractivity contribution in [3.63, 3.8) is 0 Å². The zero-order valence-corrected chi connectivity index (χ0v) is 14.9. The molecule has 1 aromatic rings. The quantitative estimate of drug-likeness (QED) is 0.686. The highest BCUT2D eigenvalue weighted by molar-refractivity contribution is 9.10. The van der Waals surface area contributed by atoms with Crippen molar-refractivity contribution in [2.75, 3.05) is 18.5 Å². The maximum atomic E-state index is 5.86. The first kappa shape index (κ1) is 14.9. The van der Waals surface area contributed by atoms with Crippen LogP contribution in [0.25, 0.3) is 0 Å². The molecule has 1 fully saturated rings. The summed E-state index contributed by atoms with van der Waals surface area (Å²) in [6.45, 7) is 3.09. The number of hydrogen-bond donors (Lipinski definition) is 0. The minimum atomic E-state index is 0.721. The lowest BCUT2D eigenvalue weighted by atomic mass is 9.98. The smallest absolute Gasteiger partial charge is 0.127 e. The molecule has 0 aromatic heterocycles. The second-order valence-electron chi connectivity index (χ2n) is 5.75. The predicted octanol–water partition coefficient (Wildman–Crippen LogP) is 4.52. The van der Waals surface area contributed by atoms with Gasteiger partial charge in [-0.2, -0.15) is 0 Å². The molecule has 2 heterocycles. The number of likely N-dealkylation sites (tertiary alicyclic amines) is 1. The molecule has 2 aliphatic rings. The molecule has 2 nitrogen and oxygen atoms in total. The van der Waals surface area contributed by atoms with E-state index in [1.807, 2.05) is 0 Å². The summed E-state index contributed by atoms with van der Waals surface area (Å²) in [5.74, 6) is 1.15. The maximum Gasteiger partial charge on any atom is 0.127 e. The van der Waals surface area contributed by atoms with Crippen molar-refractivity contribution in [2.45, 2.75) is 44.7 Å². The van der Waals surface area contributed by atoms with Crippen LogP contribution in [0.5, 0.6) is 5.75 Å². The SMILES string of the molecule is BrCCC1CCCCN1Cc1cc(Br)cc2c1OCC2. The fraction of sp³-hybridized carbons (Fsp3) is 0.625. The molecule has 4 heteroatoms. The molecule has 0 N–H and O–H groups in total. The monoisotopic (exact) mass is 401 g/mol. The van der Waals surface area contributed by atoms with Gasteiger partial charge in [0.25, 0.3) is 0 Å². The number of alkyl halides is 1. The third kappa shape index (κ3) is 3.23. The first-order valence-corrected chi connectivity index (χ1v) is 9.43. The van der Waals surface area contributed by atoms with Crippen molar-refractivity contribution in [1.29, 1.82) is 0 Å². The normalized spacial score (nSPS) is 22.6. The molecule has 1 aromatic carbocycles. The van der Waals surface area contributed by atoms with E-state index in [0.717, 1.165) is 36.7 Å². The van der Waals surface area contributed by atoms with Crippen molar-refractivity contribution in [3.8, 4) is 5.75 Å². The molecule has 0 saturated carbocycles. The van der Waals surface area contributed by atoms with E-state index in [1.165, 1.54) is 47.8 Å². The van der Waals surface area contributed by atoms with Crippen molar-refractivity contribution < 1.29 is 4.74 Å². The summed E-state index contributed by atoms with van der Waals surface area (Å²) < 4.78 is 7.05. The van der Waals surface area contributed by atoms with E-state index in [1.54, 1.807) is 0 Å². The Hall–Kier alpha value is -0.0600. The highest BCUT2D eigenvalue weighted by atomic mass is 79.9. The van der Waals surface area contributed by atoms with E-state index in [4.69, 9.17) is 4.74 Å². The molecular weight excluding hydrogens is 382 g/mol. The largest absolute Gasteiger partial charge is 0.493 e. The van der Waals surface area contributed by atoms with Gasteiger partial charge in [0.2, 0.25) is 0 Å². The second kappa shape index (κ2) is 6.80. The van der Waals surface area contributed by atoms with Crippen LogP contribution in [-0.4, -0.2) is 29.4 Å². The van der Waals surface area contributed by atoms with Crippen LogP contribution in [0.2, 0.25) is 0 Å². The first-order valence-electron chi connectivity index (χ1n) is 7.52. The van der Waals surface area contributed by atoms with Gasteiger partial charge >= 0.3 is 0 Å². The highest BCUT2D eigenvalue weighted by Crippen LogP contribution is 2.35. The van der Waals surface area contributed by atoms with Gasteiger partial charge in [-0.15, -0.1) is 0 Å².